The SMILES string of the molecule is CCC(C)C[C@@H](C)Cc1ccc(O)c(NC(=O)CCCNC(=O)C#CC(=O)O)c1. The van der Waals surface area contributed by atoms with Gasteiger partial charge >= 0.3 is 5.97 Å². The van der Waals surface area contributed by atoms with E-state index in [1.54, 1.807) is 18.1 Å². The minimum atomic E-state index is -1.38. The number of carbonyl (C=O) groups is 3. The number of amides is 2. The molecule has 0 bridgehead atoms. The smallest absolute Gasteiger partial charge is 0.382 e. The summed E-state index contributed by atoms with van der Waals surface area (Å²) in [5.41, 5.74) is 1.43. The highest BCUT2D eigenvalue weighted by Crippen LogP contribution is 2.27. The maximum absolute atomic E-state index is 12.1. The van der Waals surface area contributed by atoms with Gasteiger partial charge in [0.25, 0.3) is 5.91 Å². The molecule has 0 aliphatic carbocycles. The molecule has 1 unspecified atom stereocenters. The number of aromatic hydroxyl groups is 1. The van der Waals surface area contributed by atoms with Crippen LogP contribution in [0.15, 0.2) is 18.2 Å². The van der Waals surface area contributed by atoms with Crippen molar-refractivity contribution < 1.29 is 24.6 Å². The maximum atomic E-state index is 12.1. The van der Waals surface area contributed by atoms with Crippen molar-refractivity contribution in [2.24, 2.45) is 11.8 Å². The molecule has 7 nitrogen and oxygen atoms in total. The Labute approximate surface area is 171 Å². The highest BCUT2D eigenvalue weighted by Gasteiger charge is 2.11. The number of anilines is 1. The minimum Gasteiger partial charge on any atom is -0.506 e. The van der Waals surface area contributed by atoms with Crippen LogP contribution in [0.25, 0.3) is 0 Å². The minimum absolute atomic E-state index is 0.00827. The van der Waals surface area contributed by atoms with Crippen molar-refractivity contribution in [1.29, 1.82) is 0 Å². The zero-order valence-corrected chi connectivity index (χ0v) is 17.2. The number of nitrogens with one attached hydrogen (secondary N) is 2. The third-order valence-corrected chi connectivity index (χ3v) is 4.57. The zero-order valence-electron chi connectivity index (χ0n) is 17.2. The van der Waals surface area contributed by atoms with Crippen LogP contribution in [-0.4, -0.2) is 34.5 Å². The van der Waals surface area contributed by atoms with Crippen LogP contribution in [-0.2, 0) is 20.8 Å². The van der Waals surface area contributed by atoms with Crippen molar-refractivity contribution in [3.8, 4) is 17.6 Å². The van der Waals surface area contributed by atoms with E-state index in [9.17, 15) is 19.5 Å². The average Bonchev–Trinajstić information content (AvgIpc) is 2.66. The summed E-state index contributed by atoms with van der Waals surface area (Å²) in [6.07, 6.45) is 3.64. The van der Waals surface area contributed by atoms with E-state index in [-0.39, 0.29) is 24.6 Å². The molecule has 1 aromatic carbocycles. The van der Waals surface area contributed by atoms with Crippen LogP contribution < -0.4 is 10.6 Å². The molecule has 158 valence electrons. The van der Waals surface area contributed by atoms with Gasteiger partial charge in [-0.15, -0.1) is 0 Å². The molecule has 4 N–H and O–H groups in total. The quantitative estimate of drug-likeness (QED) is 0.273. The van der Waals surface area contributed by atoms with Crippen LogP contribution in [0, 0.1) is 23.7 Å². The average molecular weight is 402 g/mol. The summed E-state index contributed by atoms with van der Waals surface area (Å²) in [5, 5.41) is 23.5. The lowest BCUT2D eigenvalue weighted by Crippen LogP contribution is -2.24. The Kier molecular flexibility index (Phi) is 10.3. The van der Waals surface area contributed by atoms with E-state index < -0.39 is 11.9 Å². The molecule has 0 spiro atoms. The first-order valence-corrected chi connectivity index (χ1v) is 9.85. The Morgan fingerprint density at radius 3 is 2.52 bits per heavy atom. The number of aliphatic carboxylic acids is 1. The van der Waals surface area contributed by atoms with Crippen LogP contribution in [0.4, 0.5) is 5.69 Å². The molecule has 7 heteroatoms. The van der Waals surface area contributed by atoms with Gasteiger partial charge < -0.3 is 20.8 Å². The fourth-order valence-electron chi connectivity index (χ4n) is 2.97. The van der Waals surface area contributed by atoms with Gasteiger partial charge in [0.15, 0.2) is 0 Å². The fraction of sp³-hybridized carbons (Fsp3) is 0.500. The first kappa shape index (κ1) is 24.0. The Hall–Kier alpha value is -3.01. The van der Waals surface area contributed by atoms with E-state index in [0.717, 1.165) is 24.8 Å². The van der Waals surface area contributed by atoms with Gasteiger partial charge in [-0.05, 0) is 48.8 Å². The highest BCUT2D eigenvalue weighted by molar-refractivity contribution is 6.00. The predicted molar refractivity (Wildman–Crippen MR) is 111 cm³/mol. The predicted octanol–water partition coefficient (Wildman–Crippen LogP) is 2.93. The van der Waals surface area contributed by atoms with Gasteiger partial charge in [-0.25, -0.2) is 4.79 Å². The molecule has 0 radical (unpaired) electrons. The topological polar surface area (TPSA) is 116 Å². The summed E-state index contributed by atoms with van der Waals surface area (Å²) in [6, 6.07) is 5.25. The second-order valence-electron chi connectivity index (χ2n) is 7.37. The summed E-state index contributed by atoms with van der Waals surface area (Å²) in [5.74, 6) is 2.45. The molecular weight excluding hydrogens is 372 g/mol. The number of rotatable bonds is 10. The Bertz CT molecular complexity index is 779. The summed E-state index contributed by atoms with van der Waals surface area (Å²) in [4.78, 5) is 33.6. The molecular formula is C22H30N2O5. The van der Waals surface area contributed by atoms with Gasteiger partial charge in [0.2, 0.25) is 5.91 Å². The zero-order chi connectivity index (χ0) is 21.8. The summed E-state index contributed by atoms with van der Waals surface area (Å²) in [7, 11) is 0. The van der Waals surface area contributed by atoms with E-state index >= 15 is 0 Å². The molecule has 29 heavy (non-hydrogen) atoms. The number of phenols is 1. The fourth-order valence-corrected chi connectivity index (χ4v) is 2.97. The van der Waals surface area contributed by atoms with Crippen molar-refractivity contribution in [1.82, 2.24) is 5.32 Å². The monoisotopic (exact) mass is 402 g/mol. The van der Waals surface area contributed by atoms with Gasteiger partial charge in [0, 0.05) is 24.8 Å². The van der Waals surface area contributed by atoms with Gasteiger partial charge in [0.1, 0.15) is 5.75 Å². The van der Waals surface area contributed by atoms with Crippen molar-refractivity contribution in [3.63, 3.8) is 0 Å². The van der Waals surface area contributed by atoms with Gasteiger partial charge in [-0.1, -0.05) is 33.3 Å². The molecule has 2 atom stereocenters. The van der Waals surface area contributed by atoms with Crippen LogP contribution in [0.2, 0.25) is 0 Å². The first-order chi connectivity index (χ1) is 13.7. The Morgan fingerprint density at radius 2 is 1.86 bits per heavy atom. The molecule has 0 aromatic heterocycles. The molecule has 0 fully saturated rings. The Morgan fingerprint density at radius 1 is 1.14 bits per heavy atom. The molecule has 0 saturated carbocycles. The van der Waals surface area contributed by atoms with Crippen LogP contribution in [0.5, 0.6) is 5.75 Å². The third kappa shape index (κ3) is 10.2. The lowest BCUT2D eigenvalue weighted by Gasteiger charge is -2.17. The van der Waals surface area contributed by atoms with Crippen LogP contribution in [0.3, 0.4) is 0 Å². The maximum Gasteiger partial charge on any atom is 0.382 e. The number of hydrogen-bond acceptors (Lipinski definition) is 4. The van der Waals surface area contributed by atoms with Gasteiger partial charge in [-0.2, -0.15) is 0 Å². The number of phenolic OH excluding ortho intramolecular Hbond substituents is 1. The first-order valence-electron chi connectivity index (χ1n) is 9.85. The lowest BCUT2D eigenvalue weighted by molar-refractivity contribution is -0.130. The lowest BCUT2D eigenvalue weighted by atomic mass is 9.90. The number of carboxylic acid groups (broad SMARTS) is 1. The molecule has 1 aromatic rings. The highest BCUT2D eigenvalue weighted by atomic mass is 16.4. The summed E-state index contributed by atoms with van der Waals surface area (Å²) < 4.78 is 0. The molecule has 0 heterocycles. The standard InChI is InChI=1S/C22H30N2O5/c1-4-15(2)12-16(3)13-17-7-8-19(25)18(14-17)24-21(27)6-5-11-23-20(26)9-10-22(28)29/h7-8,14-16,25H,4-6,11-13H2,1-3H3,(H,23,26)(H,24,27)(H,28,29)/t15?,16-/m1/s1. The van der Waals surface area contributed by atoms with Crippen LogP contribution in [0.1, 0.15) is 52.0 Å². The number of benzene rings is 1. The second-order valence-corrected chi connectivity index (χ2v) is 7.37. The van der Waals surface area contributed by atoms with Crippen molar-refractivity contribution in [3.05, 3.63) is 23.8 Å². The molecule has 0 aliphatic heterocycles. The second kappa shape index (κ2) is 12.4. The van der Waals surface area contributed by atoms with E-state index in [4.69, 9.17) is 5.11 Å². The van der Waals surface area contributed by atoms with Crippen LogP contribution >= 0.6 is 0 Å². The van der Waals surface area contributed by atoms with E-state index in [1.807, 2.05) is 12.0 Å². The third-order valence-electron chi connectivity index (χ3n) is 4.57. The van der Waals surface area contributed by atoms with E-state index in [1.165, 1.54) is 0 Å². The molecule has 0 saturated heterocycles. The number of carboxylic acids is 1. The molecule has 1 rings (SSSR count). The Balaban J connectivity index is 2.49. The van der Waals surface area contributed by atoms with E-state index in [0.29, 0.717) is 23.9 Å². The number of carbonyl (C=O) groups excluding carboxylic acids is 2. The summed E-state index contributed by atoms with van der Waals surface area (Å²) >= 11 is 0. The normalized spacial score (nSPS) is 12.2. The molecule has 0 aliphatic rings. The van der Waals surface area contributed by atoms with Gasteiger partial charge in [-0.3, -0.25) is 9.59 Å². The number of hydrogen-bond donors (Lipinski definition) is 4. The van der Waals surface area contributed by atoms with Crippen molar-refractivity contribution >= 4 is 23.5 Å². The van der Waals surface area contributed by atoms with Gasteiger partial charge in [0.05, 0.1) is 5.69 Å². The summed E-state index contributed by atoms with van der Waals surface area (Å²) in [6.45, 7) is 6.81. The van der Waals surface area contributed by atoms with E-state index in [2.05, 4.69) is 31.4 Å². The van der Waals surface area contributed by atoms with Crippen molar-refractivity contribution in [2.45, 2.75) is 52.9 Å². The van der Waals surface area contributed by atoms with Crippen molar-refractivity contribution in [2.75, 3.05) is 11.9 Å². The largest absolute Gasteiger partial charge is 0.506 e. The molecule has 2 amide bonds.